The van der Waals surface area contributed by atoms with E-state index in [1.165, 1.54) is 18.3 Å². The maximum Gasteiger partial charge on any atom is 0.417 e. The molecule has 0 saturated carbocycles. The van der Waals surface area contributed by atoms with E-state index in [4.69, 9.17) is 5.73 Å². The first kappa shape index (κ1) is 13.6. The van der Waals surface area contributed by atoms with Crippen LogP contribution < -0.4 is 5.73 Å². The highest BCUT2D eigenvalue weighted by Crippen LogP contribution is 2.36. The van der Waals surface area contributed by atoms with E-state index in [1.54, 1.807) is 6.07 Å². The van der Waals surface area contributed by atoms with Crippen LogP contribution in [0.25, 0.3) is 11.3 Å². The molecule has 1 aromatic heterocycles. The van der Waals surface area contributed by atoms with Crippen LogP contribution >= 0.6 is 0 Å². The monoisotopic (exact) mass is 269 g/mol. The molecule has 0 amide bonds. The fourth-order valence-electron chi connectivity index (χ4n) is 1.86. The number of hydrogen-bond acceptors (Lipinski definition) is 2. The fourth-order valence-corrected chi connectivity index (χ4v) is 1.86. The molecule has 2 aromatic rings. The van der Waals surface area contributed by atoms with E-state index in [9.17, 15) is 13.2 Å². The van der Waals surface area contributed by atoms with Crippen LogP contribution in [-0.2, 0) is 12.6 Å². The number of aryl methyl sites for hydroxylation is 1. The molecule has 0 aliphatic heterocycles. The third-order valence-corrected chi connectivity index (χ3v) is 2.77. The number of imidazole rings is 1. The molecule has 0 fully saturated rings. The molecular formula is C13H14F3N3. The molecule has 6 heteroatoms. The van der Waals surface area contributed by atoms with E-state index in [0.717, 1.165) is 12.5 Å². The number of H-pyrrole nitrogens is 1. The van der Waals surface area contributed by atoms with Crippen LogP contribution in [0.5, 0.6) is 0 Å². The minimum absolute atomic E-state index is 0.112. The van der Waals surface area contributed by atoms with Gasteiger partial charge in [0.25, 0.3) is 0 Å². The summed E-state index contributed by atoms with van der Waals surface area (Å²) in [5.74, 6) is 0.650. The summed E-state index contributed by atoms with van der Waals surface area (Å²) in [5, 5.41) is 0. The van der Waals surface area contributed by atoms with Gasteiger partial charge in [-0.2, -0.15) is 13.2 Å². The molecule has 0 bridgehead atoms. The molecule has 3 N–H and O–H groups in total. The van der Waals surface area contributed by atoms with Gasteiger partial charge < -0.3 is 10.7 Å². The molecule has 0 saturated heterocycles. The number of hydrogen-bond donors (Lipinski definition) is 2. The van der Waals surface area contributed by atoms with Crippen LogP contribution in [-0.4, -0.2) is 16.5 Å². The molecule has 19 heavy (non-hydrogen) atoms. The predicted molar refractivity (Wildman–Crippen MR) is 66.4 cm³/mol. The zero-order chi connectivity index (χ0) is 13.9. The van der Waals surface area contributed by atoms with Crippen molar-refractivity contribution in [2.45, 2.75) is 19.0 Å². The minimum atomic E-state index is -4.38. The first-order valence-corrected chi connectivity index (χ1v) is 5.93. The van der Waals surface area contributed by atoms with Crippen molar-refractivity contribution >= 4 is 0 Å². The topological polar surface area (TPSA) is 54.7 Å². The minimum Gasteiger partial charge on any atom is -0.342 e. The summed E-state index contributed by atoms with van der Waals surface area (Å²) in [4.78, 5) is 6.98. The quantitative estimate of drug-likeness (QED) is 0.896. The molecule has 1 heterocycles. The van der Waals surface area contributed by atoms with Gasteiger partial charge in [-0.3, -0.25) is 0 Å². The standard InChI is InChI=1S/C13H14F3N3/c14-13(15,16)10-5-2-1-4-9(10)11-8-18-12(19-11)6-3-7-17/h1-2,4-5,8H,3,6-7,17H2,(H,18,19). The summed E-state index contributed by atoms with van der Waals surface area (Å²) in [5.41, 5.74) is 5.21. The van der Waals surface area contributed by atoms with E-state index in [0.29, 0.717) is 24.5 Å². The van der Waals surface area contributed by atoms with Gasteiger partial charge in [0, 0.05) is 12.0 Å². The number of aromatic nitrogens is 2. The number of nitrogens with two attached hydrogens (primary N) is 1. The third kappa shape index (κ3) is 3.14. The Morgan fingerprint density at radius 2 is 1.95 bits per heavy atom. The van der Waals surface area contributed by atoms with Crippen LogP contribution in [0.15, 0.2) is 30.5 Å². The average molecular weight is 269 g/mol. The molecule has 0 radical (unpaired) electrons. The smallest absolute Gasteiger partial charge is 0.342 e. The Labute approximate surface area is 108 Å². The number of alkyl halides is 3. The maximum atomic E-state index is 12.9. The van der Waals surface area contributed by atoms with E-state index < -0.39 is 11.7 Å². The lowest BCUT2D eigenvalue weighted by atomic mass is 10.1. The van der Waals surface area contributed by atoms with E-state index in [-0.39, 0.29) is 5.56 Å². The van der Waals surface area contributed by atoms with Gasteiger partial charge in [-0.25, -0.2) is 4.98 Å². The Bertz CT molecular complexity index is 546. The van der Waals surface area contributed by atoms with E-state index in [2.05, 4.69) is 9.97 Å². The highest BCUT2D eigenvalue weighted by molar-refractivity contribution is 5.64. The summed E-state index contributed by atoms with van der Waals surface area (Å²) in [6.45, 7) is 0.523. The van der Waals surface area contributed by atoms with Crippen LogP contribution in [0.4, 0.5) is 13.2 Å². The zero-order valence-corrected chi connectivity index (χ0v) is 10.2. The maximum absolute atomic E-state index is 12.9. The second-order valence-corrected chi connectivity index (χ2v) is 4.18. The summed E-state index contributed by atoms with van der Waals surface area (Å²) in [6, 6.07) is 5.45. The first-order valence-electron chi connectivity index (χ1n) is 5.93. The molecule has 0 atom stereocenters. The van der Waals surface area contributed by atoms with E-state index >= 15 is 0 Å². The van der Waals surface area contributed by atoms with Gasteiger partial charge >= 0.3 is 6.18 Å². The second kappa shape index (κ2) is 5.44. The average Bonchev–Trinajstić information content (AvgIpc) is 2.84. The lowest BCUT2D eigenvalue weighted by Crippen LogP contribution is -2.07. The molecule has 3 nitrogen and oxygen atoms in total. The second-order valence-electron chi connectivity index (χ2n) is 4.18. The largest absolute Gasteiger partial charge is 0.417 e. The van der Waals surface area contributed by atoms with Crippen molar-refractivity contribution in [3.05, 3.63) is 41.9 Å². The van der Waals surface area contributed by atoms with Crippen LogP contribution in [0, 0.1) is 0 Å². The van der Waals surface area contributed by atoms with Crippen molar-refractivity contribution < 1.29 is 13.2 Å². The van der Waals surface area contributed by atoms with Crippen molar-refractivity contribution in [1.29, 1.82) is 0 Å². The molecule has 1 aromatic carbocycles. The number of benzene rings is 1. The molecule has 0 unspecified atom stereocenters. The number of rotatable bonds is 4. The van der Waals surface area contributed by atoms with Crippen LogP contribution in [0.3, 0.4) is 0 Å². The Hall–Kier alpha value is -1.82. The van der Waals surface area contributed by atoms with E-state index in [1.807, 2.05) is 0 Å². The summed E-state index contributed by atoms with van der Waals surface area (Å²) in [6.07, 6.45) is -1.58. The summed E-state index contributed by atoms with van der Waals surface area (Å²) in [7, 11) is 0. The molecule has 2 rings (SSSR count). The first-order chi connectivity index (χ1) is 9.02. The number of nitrogens with one attached hydrogen (secondary N) is 1. The normalized spacial score (nSPS) is 11.8. The van der Waals surface area contributed by atoms with Crippen LogP contribution in [0.2, 0.25) is 0 Å². The lowest BCUT2D eigenvalue weighted by Gasteiger charge is -2.11. The van der Waals surface area contributed by atoms with Crippen molar-refractivity contribution in [3.63, 3.8) is 0 Å². The third-order valence-electron chi connectivity index (χ3n) is 2.77. The Kier molecular flexibility index (Phi) is 3.90. The molecular weight excluding hydrogens is 255 g/mol. The van der Waals surface area contributed by atoms with Gasteiger partial charge in [0.15, 0.2) is 0 Å². The van der Waals surface area contributed by atoms with Gasteiger partial charge in [-0.1, -0.05) is 18.2 Å². The Morgan fingerprint density at radius 1 is 1.21 bits per heavy atom. The van der Waals surface area contributed by atoms with Gasteiger partial charge in [0.2, 0.25) is 0 Å². The van der Waals surface area contributed by atoms with Crippen molar-refractivity contribution in [3.8, 4) is 11.3 Å². The molecule has 102 valence electrons. The molecule has 0 spiro atoms. The Morgan fingerprint density at radius 3 is 2.63 bits per heavy atom. The predicted octanol–water partition coefficient (Wildman–Crippen LogP) is 2.99. The SMILES string of the molecule is NCCCc1ncc(-c2ccccc2C(F)(F)F)[nH]1. The fraction of sp³-hybridized carbons (Fsp3) is 0.308. The summed E-state index contributed by atoms with van der Waals surface area (Å²) >= 11 is 0. The highest BCUT2D eigenvalue weighted by atomic mass is 19.4. The highest BCUT2D eigenvalue weighted by Gasteiger charge is 2.33. The number of aromatic amines is 1. The van der Waals surface area contributed by atoms with Crippen molar-refractivity contribution in [2.24, 2.45) is 5.73 Å². The van der Waals surface area contributed by atoms with Gasteiger partial charge in [-0.15, -0.1) is 0 Å². The molecule has 0 aliphatic carbocycles. The zero-order valence-electron chi connectivity index (χ0n) is 10.2. The van der Waals surface area contributed by atoms with Gasteiger partial charge in [0.1, 0.15) is 5.82 Å². The van der Waals surface area contributed by atoms with Gasteiger partial charge in [0.05, 0.1) is 17.5 Å². The van der Waals surface area contributed by atoms with Crippen LogP contribution in [0.1, 0.15) is 17.8 Å². The molecule has 0 aliphatic rings. The Balaban J connectivity index is 2.34. The van der Waals surface area contributed by atoms with Gasteiger partial charge in [-0.05, 0) is 19.0 Å². The van der Waals surface area contributed by atoms with Crippen molar-refractivity contribution in [1.82, 2.24) is 9.97 Å². The van der Waals surface area contributed by atoms with Crippen molar-refractivity contribution in [2.75, 3.05) is 6.54 Å². The lowest BCUT2D eigenvalue weighted by molar-refractivity contribution is -0.137. The summed E-state index contributed by atoms with van der Waals surface area (Å²) < 4.78 is 38.7. The number of nitrogens with zero attached hydrogens (tertiary/aromatic N) is 1. The number of halogens is 3.